The van der Waals surface area contributed by atoms with Gasteiger partial charge in [0.05, 0.1) is 12.6 Å². The summed E-state index contributed by atoms with van der Waals surface area (Å²) in [5, 5.41) is 26.3. The van der Waals surface area contributed by atoms with Crippen LogP contribution in [-0.2, 0) is 16.0 Å². The van der Waals surface area contributed by atoms with Crippen molar-refractivity contribution in [1.29, 1.82) is 0 Å². The maximum Gasteiger partial charge on any atom is 0.288 e. The summed E-state index contributed by atoms with van der Waals surface area (Å²) < 4.78 is 29.3. The fourth-order valence-corrected chi connectivity index (χ4v) is 4.32. The highest BCUT2D eigenvalue weighted by Crippen LogP contribution is 2.37. The zero-order valence-electron chi connectivity index (χ0n) is 22.1. The van der Waals surface area contributed by atoms with Crippen LogP contribution in [0.4, 0.5) is 8.78 Å². The number of alkyl halides is 2. The van der Waals surface area contributed by atoms with Crippen LogP contribution in [-0.4, -0.2) is 70.0 Å². The van der Waals surface area contributed by atoms with E-state index in [-0.39, 0.29) is 29.8 Å². The number of hydrogen-bond donors (Lipinski definition) is 4. The number of rotatable bonds is 9. The third-order valence-corrected chi connectivity index (χ3v) is 6.60. The number of nitrogens with one attached hydrogen (secondary N) is 2. The predicted octanol–water partition coefficient (Wildman–Crippen LogP) is 2.89. The summed E-state index contributed by atoms with van der Waals surface area (Å²) in [6, 6.07) is 10.1. The smallest absolute Gasteiger partial charge is 0.288 e. The van der Waals surface area contributed by atoms with Crippen molar-refractivity contribution in [3.05, 3.63) is 89.0 Å². The molecule has 3 atom stereocenters. The van der Waals surface area contributed by atoms with Gasteiger partial charge < -0.3 is 25.7 Å². The zero-order chi connectivity index (χ0) is 28.9. The van der Waals surface area contributed by atoms with Gasteiger partial charge in [-0.1, -0.05) is 54.6 Å². The number of amides is 3. The Morgan fingerprint density at radius 1 is 1.15 bits per heavy atom. The van der Waals surface area contributed by atoms with Crippen molar-refractivity contribution in [1.82, 2.24) is 15.5 Å². The lowest BCUT2D eigenvalue weighted by atomic mass is 9.98. The largest absolute Gasteiger partial charge is 0.508 e. The minimum Gasteiger partial charge on any atom is -0.508 e. The number of allylic oxidation sites excluding steroid dienone is 1. The van der Waals surface area contributed by atoms with E-state index >= 15 is 0 Å². The van der Waals surface area contributed by atoms with Crippen molar-refractivity contribution in [3.8, 4) is 5.75 Å². The fraction of sp³-hybridized carbons (Fsp3) is 0.345. The van der Waals surface area contributed by atoms with Crippen LogP contribution in [0.1, 0.15) is 35.3 Å². The number of halogens is 2. The fourth-order valence-electron chi connectivity index (χ4n) is 4.32. The van der Waals surface area contributed by atoms with E-state index in [4.69, 9.17) is 0 Å². The minimum absolute atomic E-state index is 0.0139. The van der Waals surface area contributed by atoms with Gasteiger partial charge in [-0.25, -0.2) is 0 Å². The van der Waals surface area contributed by atoms with Crippen LogP contribution in [0, 0.1) is 6.92 Å². The van der Waals surface area contributed by atoms with Crippen LogP contribution >= 0.6 is 0 Å². The Hall–Kier alpha value is -4.05. The number of phenols is 1. The van der Waals surface area contributed by atoms with E-state index in [9.17, 15) is 33.4 Å². The Balaban J connectivity index is 1.90. The molecule has 0 radical (unpaired) electrons. The maximum atomic E-state index is 14.7. The third-order valence-electron chi connectivity index (χ3n) is 6.60. The van der Waals surface area contributed by atoms with Gasteiger partial charge >= 0.3 is 0 Å². The first kappa shape index (κ1) is 29.5. The average Bonchev–Trinajstić information content (AvgIpc) is 3.13. The predicted molar refractivity (Wildman–Crippen MR) is 142 cm³/mol. The van der Waals surface area contributed by atoms with Crippen LogP contribution < -0.4 is 10.6 Å². The number of likely N-dealkylation sites (tertiary alicyclic amines) is 1. The monoisotopic (exact) mass is 541 g/mol. The van der Waals surface area contributed by atoms with E-state index in [2.05, 4.69) is 17.2 Å². The Labute approximate surface area is 226 Å². The molecule has 0 unspecified atom stereocenters. The number of carbonyl (C=O) groups excluding carboxylic acids is 3. The van der Waals surface area contributed by atoms with Gasteiger partial charge in [-0.3, -0.25) is 14.4 Å². The summed E-state index contributed by atoms with van der Waals surface area (Å²) in [4.78, 5) is 40.0. The van der Waals surface area contributed by atoms with Crippen molar-refractivity contribution in [2.24, 2.45) is 0 Å². The summed E-state index contributed by atoms with van der Waals surface area (Å²) in [6.07, 6.45) is -0.301. The number of carbonyl (C=O) groups is 3. The molecule has 0 spiro atoms. The number of nitrogens with zero attached hydrogens (tertiary/aromatic N) is 1. The molecule has 1 aliphatic heterocycles. The van der Waals surface area contributed by atoms with Crippen molar-refractivity contribution < 1.29 is 33.4 Å². The molecule has 8 nitrogen and oxygen atoms in total. The number of aliphatic hydroxyl groups is 1. The molecule has 3 rings (SSSR count). The first-order valence-corrected chi connectivity index (χ1v) is 12.4. The normalized spacial score (nSPS) is 17.7. The molecule has 2 aromatic carbocycles. The zero-order valence-corrected chi connectivity index (χ0v) is 22.1. The molecule has 39 heavy (non-hydrogen) atoms. The minimum atomic E-state index is -3.55. The SMILES string of the molecule is C=C1[C@@H](C(=O)NCC=C(C)C)N(C(=O)[C@@H](O)[C@H](Cc2ccccc2)NC(=O)c2cccc(O)c2C)CC1(F)F. The molecule has 10 heteroatoms. The standard InChI is InChI=1S/C29H33F2N3O5/c1-17(2)13-14-32-27(38)24-19(4)29(30,31)16-34(24)28(39)25(36)22(15-20-9-6-5-7-10-20)33-26(37)21-11-8-12-23(35)18(21)3/h5-13,22,24-25,35-36H,4,14-16H2,1-3H3,(H,32,38)(H,33,37)/t22-,24-,25-/m0/s1. The van der Waals surface area contributed by atoms with Crippen LogP contribution in [0.5, 0.6) is 5.75 Å². The molecule has 208 valence electrons. The lowest BCUT2D eigenvalue weighted by Crippen LogP contribution is -2.56. The van der Waals surface area contributed by atoms with Gasteiger partial charge in [0.1, 0.15) is 11.8 Å². The molecule has 1 aliphatic rings. The van der Waals surface area contributed by atoms with Crippen molar-refractivity contribution in [2.75, 3.05) is 13.1 Å². The maximum absolute atomic E-state index is 14.7. The Morgan fingerprint density at radius 2 is 1.82 bits per heavy atom. The number of benzene rings is 2. The molecular weight excluding hydrogens is 508 g/mol. The van der Waals surface area contributed by atoms with E-state index in [1.165, 1.54) is 25.1 Å². The quantitative estimate of drug-likeness (QED) is 0.364. The topological polar surface area (TPSA) is 119 Å². The highest BCUT2D eigenvalue weighted by molar-refractivity contribution is 5.97. The van der Waals surface area contributed by atoms with Crippen LogP contribution in [0.2, 0.25) is 0 Å². The van der Waals surface area contributed by atoms with E-state index in [0.29, 0.717) is 10.5 Å². The van der Waals surface area contributed by atoms with Gasteiger partial charge in [0.15, 0.2) is 6.10 Å². The number of phenolic OH excluding ortho intramolecular Hbond substituents is 1. The van der Waals surface area contributed by atoms with Gasteiger partial charge in [-0.2, -0.15) is 8.78 Å². The van der Waals surface area contributed by atoms with Gasteiger partial charge in [-0.05, 0) is 44.9 Å². The number of aromatic hydroxyl groups is 1. The third kappa shape index (κ3) is 6.88. The first-order chi connectivity index (χ1) is 18.3. The van der Waals surface area contributed by atoms with Gasteiger partial charge in [-0.15, -0.1) is 0 Å². The molecule has 3 amide bonds. The molecular formula is C29H33F2N3O5. The summed E-state index contributed by atoms with van der Waals surface area (Å²) in [6.45, 7) is 7.44. The average molecular weight is 542 g/mol. The molecule has 1 fully saturated rings. The second-order valence-corrected chi connectivity index (χ2v) is 9.79. The van der Waals surface area contributed by atoms with Crippen LogP contribution in [0.15, 0.2) is 72.3 Å². The number of aliphatic hydroxyl groups excluding tert-OH is 1. The number of hydrogen-bond acceptors (Lipinski definition) is 5. The van der Waals surface area contributed by atoms with Crippen molar-refractivity contribution >= 4 is 17.7 Å². The Kier molecular flexibility index (Phi) is 9.24. The van der Waals surface area contributed by atoms with Crippen molar-refractivity contribution in [3.63, 3.8) is 0 Å². The first-order valence-electron chi connectivity index (χ1n) is 12.4. The second-order valence-electron chi connectivity index (χ2n) is 9.79. The molecule has 2 aromatic rings. The Bertz CT molecular complexity index is 1270. The summed E-state index contributed by atoms with van der Waals surface area (Å²) >= 11 is 0. The lowest BCUT2D eigenvalue weighted by Gasteiger charge is -2.30. The molecule has 4 N–H and O–H groups in total. The van der Waals surface area contributed by atoms with Gasteiger partial charge in [0.25, 0.3) is 17.7 Å². The van der Waals surface area contributed by atoms with Crippen molar-refractivity contribution in [2.45, 2.75) is 51.3 Å². The second kappa shape index (κ2) is 12.2. The highest BCUT2D eigenvalue weighted by atomic mass is 19.3. The van der Waals surface area contributed by atoms with E-state index in [0.717, 1.165) is 5.57 Å². The van der Waals surface area contributed by atoms with Crippen LogP contribution in [0.25, 0.3) is 0 Å². The summed E-state index contributed by atoms with van der Waals surface area (Å²) in [7, 11) is 0. The van der Waals surface area contributed by atoms with E-state index in [1.54, 1.807) is 50.3 Å². The summed E-state index contributed by atoms with van der Waals surface area (Å²) in [5.74, 6) is -6.34. The van der Waals surface area contributed by atoms with Gasteiger partial charge in [0.2, 0.25) is 5.91 Å². The molecule has 1 saturated heterocycles. The summed E-state index contributed by atoms with van der Waals surface area (Å²) in [5.41, 5.74) is 1.21. The molecule has 1 heterocycles. The van der Waals surface area contributed by atoms with Crippen LogP contribution in [0.3, 0.4) is 0 Å². The van der Waals surface area contributed by atoms with E-state index < -0.39 is 53.9 Å². The molecule has 0 aromatic heterocycles. The molecule has 0 bridgehead atoms. The molecule has 0 aliphatic carbocycles. The lowest BCUT2D eigenvalue weighted by molar-refractivity contribution is -0.146. The Morgan fingerprint density at radius 3 is 2.46 bits per heavy atom. The van der Waals surface area contributed by atoms with E-state index in [1.807, 2.05) is 0 Å². The van der Waals surface area contributed by atoms with Gasteiger partial charge in [0, 0.05) is 23.2 Å². The highest BCUT2D eigenvalue weighted by Gasteiger charge is 2.54. The molecule has 0 saturated carbocycles.